The van der Waals surface area contributed by atoms with Gasteiger partial charge in [0.1, 0.15) is 0 Å². The van der Waals surface area contributed by atoms with Crippen LogP contribution in [0, 0.1) is 21.4 Å². The normalized spacial score (nSPS) is 13.7. The van der Waals surface area contributed by atoms with Gasteiger partial charge in [0, 0.05) is 10.5 Å². The summed E-state index contributed by atoms with van der Waals surface area (Å²) < 4.78 is 0. The Morgan fingerprint density at radius 1 is 0.929 bits per heavy atom. The molecule has 0 aliphatic heterocycles. The minimum Gasteiger partial charge on any atom is -0.292 e. The van der Waals surface area contributed by atoms with Gasteiger partial charge in [-0.3, -0.25) is 14.9 Å². The molecule has 0 fully saturated rings. The van der Waals surface area contributed by atoms with Crippen LogP contribution in [0.4, 0.5) is 0 Å². The third-order valence-corrected chi connectivity index (χ3v) is 4.86. The molecule has 2 atom stereocenters. The maximum absolute atomic E-state index is 13.6. The molecule has 0 aliphatic carbocycles. The predicted molar refractivity (Wildman–Crippen MR) is 106 cm³/mol. The molecule has 0 heterocycles. The molecular weight excluding hydrogens is 352 g/mol. The Hall–Kier alpha value is -3.78. The number of nitriles is 1. The van der Waals surface area contributed by atoms with Crippen LogP contribution in [-0.2, 0) is 5.41 Å². The first kappa shape index (κ1) is 19.0. The lowest BCUT2D eigenvalue weighted by atomic mass is 9.64. The highest BCUT2D eigenvalue weighted by Crippen LogP contribution is 2.42. The molecule has 3 aromatic carbocycles. The topological polar surface area (TPSA) is 84.0 Å². The number of Topliss-reactive ketones (excluding diaryl/α,β-unsaturated/α-hetero) is 1. The molecular formula is C23H18N2O3. The van der Waals surface area contributed by atoms with Crippen molar-refractivity contribution >= 4 is 5.78 Å². The Kier molecular flexibility index (Phi) is 5.61. The number of hydrogen-bond donors (Lipinski definition) is 0. The maximum Gasteiger partial charge on any atom is 0.213 e. The van der Waals surface area contributed by atoms with Crippen molar-refractivity contribution in [2.45, 2.75) is 11.3 Å². The van der Waals surface area contributed by atoms with Crippen LogP contribution >= 0.6 is 0 Å². The van der Waals surface area contributed by atoms with Crippen molar-refractivity contribution in [1.82, 2.24) is 0 Å². The number of nitro groups is 1. The summed E-state index contributed by atoms with van der Waals surface area (Å²) in [6.45, 7) is -0.537. The number of ketones is 1. The van der Waals surface area contributed by atoms with Gasteiger partial charge in [0.25, 0.3) is 0 Å². The summed E-state index contributed by atoms with van der Waals surface area (Å²) >= 11 is 0. The molecule has 28 heavy (non-hydrogen) atoms. The van der Waals surface area contributed by atoms with Crippen LogP contribution in [0.15, 0.2) is 91.0 Å². The third kappa shape index (κ3) is 3.53. The predicted octanol–water partition coefficient (Wildman–Crippen LogP) is 4.39. The van der Waals surface area contributed by atoms with E-state index < -0.39 is 28.6 Å². The fourth-order valence-electron chi connectivity index (χ4n) is 3.53. The molecule has 0 radical (unpaired) electrons. The minimum absolute atomic E-state index is 0.345. The minimum atomic E-state index is -1.73. The van der Waals surface area contributed by atoms with Crippen LogP contribution in [0.3, 0.4) is 0 Å². The lowest BCUT2D eigenvalue weighted by Gasteiger charge is -2.32. The van der Waals surface area contributed by atoms with Gasteiger partial charge >= 0.3 is 0 Å². The van der Waals surface area contributed by atoms with E-state index in [0.717, 1.165) is 0 Å². The third-order valence-electron chi connectivity index (χ3n) is 4.86. The van der Waals surface area contributed by atoms with E-state index in [9.17, 15) is 20.2 Å². The molecule has 0 aromatic heterocycles. The van der Waals surface area contributed by atoms with Gasteiger partial charge in [-0.25, -0.2) is 0 Å². The van der Waals surface area contributed by atoms with Crippen molar-refractivity contribution in [2.75, 3.05) is 6.54 Å². The molecule has 0 aliphatic rings. The fourth-order valence-corrected chi connectivity index (χ4v) is 3.53. The first-order chi connectivity index (χ1) is 13.6. The Bertz CT molecular complexity index is 998. The van der Waals surface area contributed by atoms with Crippen molar-refractivity contribution < 1.29 is 9.72 Å². The van der Waals surface area contributed by atoms with Crippen LogP contribution in [0.2, 0.25) is 0 Å². The molecule has 0 saturated carbocycles. The van der Waals surface area contributed by atoms with E-state index >= 15 is 0 Å². The number of carbonyl (C=O) groups is 1. The van der Waals surface area contributed by atoms with Gasteiger partial charge in [-0.05, 0) is 11.1 Å². The summed E-state index contributed by atoms with van der Waals surface area (Å²) in [6, 6.07) is 28.0. The lowest BCUT2D eigenvalue weighted by molar-refractivity contribution is -0.484. The van der Waals surface area contributed by atoms with Gasteiger partial charge in [-0.15, -0.1) is 0 Å². The summed E-state index contributed by atoms with van der Waals surface area (Å²) in [5.74, 6) is -1.39. The molecule has 5 nitrogen and oxygen atoms in total. The van der Waals surface area contributed by atoms with Gasteiger partial charge in [0.15, 0.2) is 11.2 Å². The average molecular weight is 370 g/mol. The highest BCUT2D eigenvalue weighted by Gasteiger charge is 2.51. The summed E-state index contributed by atoms with van der Waals surface area (Å²) in [7, 11) is 0. The van der Waals surface area contributed by atoms with E-state index in [1.807, 2.05) is 0 Å². The average Bonchev–Trinajstić information content (AvgIpc) is 2.75. The van der Waals surface area contributed by atoms with Crippen molar-refractivity contribution in [3.8, 4) is 6.07 Å². The largest absolute Gasteiger partial charge is 0.292 e. The molecule has 0 saturated heterocycles. The van der Waals surface area contributed by atoms with Gasteiger partial charge < -0.3 is 0 Å². The molecule has 3 aromatic rings. The molecule has 0 spiro atoms. The summed E-state index contributed by atoms with van der Waals surface area (Å²) in [4.78, 5) is 24.7. The van der Waals surface area contributed by atoms with E-state index in [4.69, 9.17) is 0 Å². The number of hydrogen-bond acceptors (Lipinski definition) is 4. The van der Waals surface area contributed by atoms with Gasteiger partial charge in [-0.1, -0.05) is 91.0 Å². The van der Waals surface area contributed by atoms with Crippen LogP contribution in [-0.4, -0.2) is 17.3 Å². The Labute approximate surface area is 163 Å². The van der Waals surface area contributed by atoms with Crippen molar-refractivity contribution in [3.05, 3.63) is 118 Å². The van der Waals surface area contributed by atoms with Crippen LogP contribution < -0.4 is 0 Å². The summed E-state index contributed by atoms with van der Waals surface area (Å²) in [5, 5.41) is 21.8. The molecule has 0 unspecified atom stereocenters. The van der Waals surface area contributed by atoms with E-state index in [1.165, 1.54) is 0 Å². The van der Waals surface area contributed by atoms with Crippen molar-refractivity contribution in [3.63, 3.8) is 0 Å². The first-order valence-corrected chi connectivity index (χ1v) is 8.83. The van der Waals surface area contributed by atoms with E-state index in [-0.39, 0.29) is 0 Å². The summed E-state index contributed by atoms with van der Waals surface area (Å²) in [6.07, 6.45) is 0. The number of nitrogens with zero attached hydrogens (tertiary/aromatic N) is 2. The zero-order valence-corrected chi connectivity index (χ0v) is 15.1. The lowest BCUT2D eigenvalue weighted by Crippen LogP contribution is -2.43. The van der Waals surface area contributed by atoms with Crippen molar-refractivity contribution in [1.29, 1.82) is 5.26 Å². The zero-order valence-electron chi connectivity index (χ0n) is 15.1. The molecule has 3 rings (SSSR count). The van der Waals surface area contributed by atoms with E-state index in [2.05, 4.69) is 6.07 Å². The second kappa shape index (κ2) is 8.28. The maximum atomic E-state index is 13.6. The van der Waals surface area contributed by atoms with E-state index in [0.29, 0.717) is 16.7 Å². The molecule has 0 bridgehead atoms. The first-order valence-electron chi connectivity index (χ1n) is 8.83. The van der Waals surface area contributed by atoms with Crippen LogP contribution in [0.1, 0.15) is 27.4 Å². The molecule has 138 valence electrons. The number of carbonyl (C=O) groups excluding carboxylic acids is 1. The summed E-state index contributed by atoms with van der Waals surface area (Å²) in [5.41, 5.74) is -0.357. The Balaban J connectivity index is 2.29. The molecule has 0 amide bonds. The van der Waals surface area contributed by atoms with Crippen molar-refractivity contribution in [2.24, 2.45) is 0 Å². The number of rotatable bonds is 7. The van der Waals surface area contributed by atoms with Crippen LogP contribution in [0.5, 0.6) is 0 Å². The second-order valence-electron chi connectivity index (χ2n) is 6.46. The van der Waals surface area contributed by atoms with Gasteiger partial charge in [0.05, 0.1) is 12.0 Å². The Morgan fingerprint density at radius 3 is 1.93 bits per heavy atom. The highest BCUT2D eigenvalue weighted by atomic mass is 16.6. The monoisotopic (exact) mass is 370 g/mol. The molecule has 5 heteroatoms. The van der Waals surface area contributed by atoms with Gasteiger partial charge in [-0.2, -0.15) is 5.26 Å². The SMILES string of the molecule is N#C[C@](C(=O)c1ccccc1)(c1ccccc1)[C@@H](C[N+](=O)[O-])c1ccccc1. The van der Waals surface area contributed by atoms with Gasteiger partial charge in [0.2, 0.25) is 6.54 Å². The fraction of sp³-hybridized carbons (Fsp3) is 0.130. The highest BCUT2D eigenvalue weighted by molar-refractivity contribution is 6.07. The zero-order chi connectivity index (χ0) is 20.0. The molecule has 0 N–H and O–H groups in total. The second-order valence-corrected chi connectivity index (χ2v) is 6.46. The Morgan fingerprint density at radius 2 is 1.43 bits per heavy atom. The van der Waals surface area contributed by atoms with E-state index in [1.54, 1.807) is 91.0 Å². The number of benzene rings is 3. The van der Waals surface area contributed by atoms with Crippen LogP contribution in [0.25, 0.3) is 0 Å². The smallest absolute Gasteiger partial charge is 0.213 e. The quantitative estimate of drug-likeness (QED) is 0.351. The standard InChI is InChI=1S/C23H18N2O3/c24-17-23(20-14-8-3-9-15-20,22(26)19-12-6-2-7-13-19)21(16-25(27)28)18-10-4-1-5-11-18/h1-15,21H,16H2/t21-,23-/m0/s1.